The molecule has 0 aliphatic carbocycles. The van der Waals surface area contributed by atoms with Gasteiger partial charge in [0.05, 0.1) is 22.8 Å². The van der Waals surface area contributed by atoms with Crippen molar-refractivity contribution in [3.8, 4) is 22.9 Å². The molecule has 0 saturated heterocycles. The average Bonchev–Trinajstić information content (AvgIpc) is 2.64. The molecule has 0 aliphatic heterocycles. The lowest BCUT2D eigenvalue weighted by Gasteiger charge is -2.15. The van der Waals surface area contributed by atoms with Crippen LogP contribution in [-0.2, 0) is 6.18 Å². The van der Waals surface area contributed by atoms with Gasteiger partial charge in [-0.25, -0.2) is 9.36 Å². The van der Waals surface area contributed by atoms with Gasteiger partial charge in [-0.05, 0) is 12.1 Å². The van der Waals surface area contributed by atoms with E-state index in [2.05, 4.69) is 0 Å². The molecule has 6 nitrogen and oxygen atoms in total. The van der Waals surface area contributed by atoms with Crippen LogP contribution < -0.4 is 20.7 Å². The van der Waals surface area contributed by atoms with E-state index in [1.807, 2.05) is 0 Å². The van der Waals surface area contributed by atoms with Crippen LogP contribution in [0.3, 0.4) is 0 Å². The molecule has 0 unspecified atom stereocenters. The van der Waals surface area contributed by atoms with Gasteiger partial charge in [-0.15, -0.1) is 0 Å². The second-order valence-electron chi connectivity index (χ2n) is 5.65. The number of para-hydroxylation sites is 1. The Bertz CT molecular complexity index is 1160. The van der Waals surface area contributed by atoms with Gasteiger partial charge in [0, 0.05) is 18.2 Å². The fourth-order valence-corrected chi connectivity index (χ4v) is 2.83. The number of halogens is 5. The van der Waals surface area contributed by atoms with E-state index < -0.39 is 23.1 Å². The number of nitrogens with one attached hydrogen (secondary N) is 1. The van der Waals surface area contributed by atoms with Gasteiger partial charge in [0.15, 0.2) is 0 Å². The van der Waals surface area contributed by atoms with E-state index in [1.165, 1.54) is 19.2 Å². The minimum absolute atomic E-state index is 0.00163. The van der Waals surface area contributed by atoms with E-state index in [0.717, 1.165) is 0 Å². The smallest absolute Gasteiger partial charge is 0.431 e. The van der Waals surface area contributed by atoms with Crippen molar-refractivity contribution in [1.82, 2.24) is 9.55 Å². The van der Waals surface area contributed by atoms with Crippen molar-refractivity contribution >= 4 is 23.2 Å². The summed E-state index contributed by atoms with van der Waals surface area (Å²) in [5.74, 6) is 0.205. The molecule has 2 aromatic carbocycles. The second-order valence-corrected chi connectivity index (χ2v) is 6.46. The number of nitrogens with zero attached hydrogens (tertiary/aromatic N) is 1. The summed E-state index contributed by atoms with van der Waals surface area (Å²) in [6.45, 7) is 0. The number of hydrogen-bond acceptors (Lipinski definition) is 4. The maximum atomic E-state index is 12.8. The lowest BCUT2D eigenvalue weighted by molar-refractivity contribution is -0.141. The minimum Gasteiger partial charge on any atom is -0.494 e. The maximum Gasteiger partial charge on any atom is 0.431 e. The Morgan fingerprint density at radius 1 is 0.966 bits per heavy atom. The highest BCUT2D eigenvalue weighted by Gasteiger charge is 2.33. The first kappa shape index (κ1) is 20.8. The highest BCUT2D eigenvalue weighted by atomic mass is 35.5. The summed E-state index contributed by atoms with van der Waals surface area (Å²) < 4.78 is 49.7. The number of hydrogen-bond donors (Lipinski definition) is 1. The SMILES string of the molecule is COc1cc(Cl)c(Oc2ccccc2Cl)cc1-n1c(=O)cc(C(F)(F)F)[nH]c1=O. The van der Waals surface area contributed by atoms with Crippen molar-refractivity contribution in [2.24, 2.45) is 0 Å². The topological polar surface area (TPSA) is 73.3 Å². The van der Waals surface area contributed by atoms with Crippen LogP contribution in [0.4, 0.5) is 13.2 Å². The Labute approximate surface area is 171 Å². The molecule has 0 saturated carbocycles. The molecule has 3 rings (SSSR count). The fourth-order valence-electron chi connectivity index (χ4n) is 2.46. The molecule has 0 bridgehead atoms. The Morgan fingerprint density at radius 2 is 1.66 bits per heavy atom. The summed E-state index contributed by atoms with van der Waals surface area (Å²) >= 11 is 12.2. The normalized spacial score (nSPS) is 11.4. The summed E-state index contributed by atoms with van der Waals surface area (Å²) in [6.07, 6.45) is -4.89. The lowest BCUT2D eigenvalue weighted by atomic mass is 10.2. The molecular weight excluding hydrogens is 436 g/mol. The first-order valence-corrected chi connectivity index (χ1v) is 8.61. The van der Waals surface area contributed by atoms with Gasteiger partial charge in [-0.3, -0.25) is 4.79 Å². The molecule has 11 heteroatoms. The Hall–Kier alpha value is -2.91. The molecule has 1 N–H and O–H groups in total. The van der Waals surface area contributed by atoms with E-state index in [4.69, 9.17) is 32.7 Å². The van der Waals surface area contributed by atoms with E-state index in [0.29, 0.717) is 4.57 Å². The van der Waals surface area contributed by atoms with E-state index in [9.17, 15) is 22.8 Å². The number of aromatic amines is 1. The fraction of sp³-hybridized carbons (Fsp3) is 0.111. The van der Waals surface area contributed by atoms with Crippen LogP contribution in [0.5, 0.6) is 17.2 Å². The number of benzene rings is 2. The zero-order chi connectivity index (χ0) is 21.3. The minimum atomic E-state index is -4.89. The number of ether oxygens (including phenoxy) is 2. The van der Waals surface area contributed by atoms with E-state index >= 15 is 0 Å². The Morgan fingerprint density at radius 3 is 2.24 bits per heavy atom. The number of rotatable bonds is 4. The van der Waals surface area contributed by atoms with Gasteiger partial charge < -0.3 is 14.5 Å². The van der Waals surface area contributed by atoms with Crippen LogP contribution in [0.15, 0.2) is 52.1 Å². The van der Waals surface area contributed by atoms with Crippen LogP contribution in [0.2, 0.25) is 10.0 Å². The van der Waals surface area contributed by atoms with Crippen molar-refractivity contribution in [1.29, 1.82) is 0 Å². The highest BCUT2D eigenvalue weighted by molar-refractivity contribution is 6.33. The number of methoxy groups -OCH3 is 1. The molecule has 152 valence electrons. The Kier molecular flexibility index (Phi) is 5.63. The maximum absolute atomic E-state index is 12.8. The third-order valence-corrected chi connectivity index (χ3v) is 4.38. The van der Waals surface area contributed by atoms with Crippen molar-refractivity contribution in [3.63, 3.8) is 0 Å². The molecule has 0 fully saturated rings. The quantitative estimate of drug-likeness (QED) is 0.632. The van der Waals surface area contributed by atoms with Crippen molar-refractivity contribution in [2.75, 3.05) is 7.11 Å². The standard InChI is InChI=1S/C18H11Cl2F3N2O4/c1-28-14-6-10(20)13(29-12-5-3-2-4-9(12)19)7-11(14)25-16(26)8-15(18(21,22)23)24-17(25)27/h2-8H,1H3,(H,24,27). The van der Waals surface area contributed by atoms with Gasteiger partial charge >= 0.3 is 11.9 Å². The van der Waals surface area contributed by atoms with Crippen LogP contribution in [0.1, 0.15) is 5.69 Å². The largest absolute Gasteiger partial charge is 0.494 e. The molecule has 0 spiro atoms. The molecular formula is C18H11Cl2F3N2O4. The number of aromatic nitrogens is 2. The van der Waals surface area contributed by atoms with Crippen LogP contribution in [0.25, 0.3) is 5.69 Å². The molecule has 0 radical (unpaired) electrons. The molecule has 0 amide bonds. The zero-order valence-electron chi connectivity index (χ0n) is 14.5. The Balaban J connectivity index is 2.19. The summed E-state index contributed by atoms with van der Waals surface area (Å²) in [6, 6.07) is 9.17. The van der Waals surface area contributed by atoms with Crippen molar-refractivity contribution in [2.45, 2.75) is 6.18 Å². The number of H-pyrrole nitrogens is 1. The van der Waals surface area contributed by atoms with Crippen LogP contribution in [-0.4, -0.2) is 16.7 Å². The average molecular weight is 447 g/mol. The number of alkyl halides is 3. The summed E-state index contributed by atoms with van der Waals surface area (Å²) in [5.41, 5.74) is -4.16. The van der Waals surface area contributed by atoms with Gasteiger partial charge in [-0.2, -0.15) is 13.2 Å². The monoisotopic (exact) mass is 446 g/mol. The van der Waals surface area contributed by atoms with Gasteiger partial charge in [0.1, 0.15) is 22.9 Å². The highest BCUT2D eigenvalue weighted by Crippen LogP contribution is 2.38. The lowest BCUT2D eigenvalue weighted by Crippen LogP contribution is -2.36. The second kappa shape index (κ2) is 7.84. The van der Waals surface area contributed by atoms with Gasteiger partial charge in [0.2, 0.25) is 0 Å². The van der Waals surface area contributed by atoms with Crippen molar-refractivity contribution in [3.05, 3.63) is 79.0 Å². The third kappa shape index (κ3) is 4.25. The molecule has 0 atom stereocenters. The van der Waals surface area contributed by atoms with Crippen molar-refractivity contribution < 1.29 is 22.6 Å². The summed E-state index contributed by atoms with van der Waals surface area (Å²) in [5, 5.41) is 0.326. The van der Waals surface area contributed by atoms with E-state index in [1.54, 1.807) is 29.2 Å². The third-order valence-electron chi connectivity index (χ3n) is 3.77. The van der Waals surface area contributed by atoms with Crippen LogP contribution >= 0.6 is 23.2 Å². The van der Waals surface area contributed by atoms with Crippen LogP contribution in [0, 0.1) is 0 Å². The summed E-state index contributed by atoms with van der Waals surface area (Å²) in [4.78, 5) is 26.2. The predicted octanol–water partition coefficient (Wildman–Crippen LogP) is 4.65. The van der Waals surface area contributed by atoms with E-state index in [-0.39, 0.29) is 39.0 Å². The zero-order valence-corrected chi connectivity index (χ0v) is 16.0. The molecule has 3 aromatic rings. The first-order valence-electron chi connectivity index (χ1n) is 7.85. The van der Waals surface area contributed by atoms with Gasteiger partial charge in [-0.1, -0.05) is 35.3 Å². The predicted molar refractivity (Wildman–Crippen MR) is 101 cm³/mol. The first-order chi connectivity index (χ1) is 13.6. The molecule has 29 heavy (non-hydrogen) atoms. The summed E-state index contributed by atoms with van der Waals surface area (Å²) in [7, 11) is 1.24. The molecule has 0 aliphatic rings. The molecule has 1 heterocycles. The molecule has 1 aromatic heterocycles. The van der Waals surface area contributed by atoms with Gasteiger partial charge in [0.25, 0.3) is 5.56 Å².